The van der Waals surface area contributed by atoms with Crippen LogP contribution in [-0.2, 0) is 4.79 Å². The van der Waals surface area contributed by atoms with Crippen molar-refractivity contribution in [1.29, 1.82) is 0 Å². The summed E-state index contributed by atoms with van der Waals surface area (Å²) in [6.45, 7) is 2.01. The summed E-state index contributed by atoms with van der Waals surface area (Å²) in [5.74, 6) is 0.245. The van der Waals surface area contributed by atoms with Crippen molar-refractivity contribution < 1.29 is 13.9 Å². The number of amidine groups is 1. The SMILES string of the molecule is COc1ccc(-n2c(C)ccc2/C=C2\SC(=Nc3ccc(F)cc3)NC2=O)cc1. The van der Waals surface area contributed by atoms with Crippen LogP contribution < -0.4 is 10.1 Å². The predicted molar refractivity (Wildman–Crippen MR) is 114 cm³/mol. The number of rotatable bonds is 4. The minimum atomic E-state index is -0.327. The maximum absolute atomic E-state index is 13.0. The highest BCUT2D eigenvalue weighted by atomic mass is 32.2. The first kappa shape index (κ1) is 19.0. The molecule has 5 nitrogen and oxygen atoms in total. The lowest BCUT2D eigenvalue weighted by molar-refractivity contribution is -0.115. The van der Waals surface area contributed by atoms with Crippen LogP contribution in [-0.4, -0.2) is 22.8 Å². The normalized spacial score (nSPS) is 16.4. The summed E-state index contributed by atoms with van der Waals surface area (Å²) in [6.07, 6.45) is 1.84. The van der Waals surface area contributed by atoms with Crippen LogP contribution in [0.2, 0.25) is 0 Å². The van der Waals surface area contributed by atoms with Gasteiger partial charge in [-0.3, -0.25) is 4.79 Å². The van der Waals surface area contributed by atoms with Gasteiger partial charge in [0, 0.05) is 17.1 Å². The Morgan fingerprint density at radius 1 is 1.07 bits per heavy atom. The first-order valence-electron chi connectivity index (χ1n) is 8.91. The lowest BCUT2D eigenvalue weighted by Crippen LogP contribution is -2.19. The number of aromatic nitrogens is 1. The molecule has 1 aromatic heterocycles. The van der Waals surface area contributed by atoms with Crippen molar-refractivity contribution in [3.05, 3.63) is 82.8 Å². The van der Waals surface area contributed by atoms with Gasteiger partial charge in [0.2, 0.25) is 0 Å². The fourth-order valence-corrected chi connectivity index (χ4v) is 3.83. The maximum atomic E-state index is 13.0. The molecule has 0 bridgehead atoms. The molecule has 0 atom stereocenters. The highest BCUT2D eigenvalue weighted by molar-refractivity contribution is 8.18. The number of amides is 1. The molecule has 1 saturated heterocycles. The van der Waals surface area contributed by atoms with Gasteiger partial charge in [0.15, 0.2) is 5.17 Å². The zero-order chi connectivity index (χ0) is 20.4. The summed E-state index contributed by atoms with van der Waals surface area (Å²) in [4.78, 5) is 17.3. The van der Waals surface area contributed by atoms with E-state index in [-0.39, 0.29) is 11.7 Å². The van der Waals surface area contributed by atoms with Gasteiger partial charge in [0.1, 0.15) is 11.6 Å². The average Bonchev–Trinajstić information content (AvgIpc) is 3.26. The van der Waals surface area contributed by atoms with Crippen molar-refractivity contribution in [3.63, 3.8) is 0 Å². The monoisotopic (exact) mass is 407 g/mol. The van der Waals surface area contributed by atoms with Gasteiger partial charge < -0.3 is 14.6 Å². The maximum Gasteiger partial charge on any atom is 0.264 e. The van der Waals surface area contributed by atoms with Crippen molar-refractivity contribution in [2.75, 3.05) is 7.11 Å². The number of nitrogens with one attached hydrogen (secondary N) is 1. The molecule has 1 aliphatic heterocycles. The lowest BCUT2D eigenvalue weighted by Gasteiger charge is -2.10. The number of benzene rings is 2. The number of halogens is 1. The van der Waals surface area contributed by atoms with Crippen molar-refractivity contribution >= 4 is 34.6 Å². The summed E-state index contributed by atoms with van der Waals surface area (Å²) >= 11 is 1.26. The molecular formula is C22H18FN3O2S. The predicted octanol–water partition coefficient (Wildman–Crippen LogP) is 4.83. The Bertz CT molecular complexity index is 1120. The van der Waals surface area contributed by atoms with E-state index >= 15 is 0 Å². The largest absolute Gasteiger partial charge is 0.497 e. The van der Waals surface area contributed by atoms with E-state index < -0.39 is 0 Å². The van der Waals surface area contributed by atoms with Gasteiger partial charge in [-0.15, -0.1) is 0 Å². The second kappa shape index (κ2) is 7.97. The Labute approximate surface area is 171 Å². The molecule has 146 valence electrons. The summed E-state index contributed by atoms with van der Waals surface area (Å²) in [5.41, 5.74) is 3.48. The molecule has 0 radical (unpaired) electrons. The molecule has 1 amide bonds. The lowest BCUT2D eigenvalue weighted by atomic mass is 10.2. The molecule has 0 unspecified atom stereocenters. The average molecular weight is 407 g/mol. The standard InChI is InChI=1S/C22H18FN3O2S/c1-14-3-8-18(26(14)17-9-11-19(28-2)12-10-17)13-20-21(27)25-22(29-20)24-16-6-4-15(23)5-7-16/h3-13H,1-2H3,(H,24,25,27)/b20-13-. The van der Waals surface area contributed by atoms with E-state index in [1.54, 1.807) is 19.2 Å². The first-order chi connectivity index (χ1) is 14.0. The number of aliphatic imine (C=N–C) groups is 1. The van der Waals surface area contributed by atoms with E-state index in [1.807, 2.05) is 49.4 Å². The Hall–Kier alpha value is -3.32. The fraction of sp³-hybridized carbons (Fsp3) is 0.0909. The van der Waals surface area contributed by atoms with Crippen LogP contribution in [0.25, 0.3) is 11.8 Å². The topological polar surface area (TPSA) is 55.6 Å². The van der Waals surface area contributed by atoms with E-state index in [4.69, 9.17) is 4.74 Å². The van der Waals surface area contributed by atoms with Gasteiger partial charge in [-0.25, -0.2) is 9.38 Å². The Kier molecular flexibility index (Phi) is 5.22. The molecule has 0 saturated carbocycles. The third kappa shape index (κ3) is 4.09. The zero-order valence-electron chi connectivity index (χ0n) is 15.8. The summed E-state index contributed by atoms with van der Waals surface area (Å²) in [7, 11) is 1.63. The van der Waals surface area contributed by atoms with Crippen LogP contribution in [0.4, 0.5) is 10.1 Å². The van der Waals surface area contributed by atoms with Crippen LogP contribution in [0, 0.1) is 12.7 Å². The molecule has 2 aromatic carbocycles. The molecule has 3 aromatic rings. The van der Waals surface area contributed by atoms with Gasteiger partial charge in [0.25, 0.3) is 5.91 Å². The summed E-state index contributed by atoms with van der Waals surface area (Å²) in [5, 5.41) is 3.22. The Balaban J connectivity index is 1.63. The van der Waals surface area contributed by atoms with Crippen LogP contribution >= 0.6 is 11.8 Å². The van der Waals surface area contributed by atoms with E-state index in [0.717, 1.165) is 22.8 Å². The number of hydrogen-bond acceptors (Lipinski definition) is 4. The van der Waals surface area contributed by atoms with Crippen LogP contribution in [0.5, 0.6) is 5.75 Å². The smallest absolute Gasteiger partial charge is 0.264 e. The second-order valence-electron chi connectivity index (χ2n) is 6.39. The fourth-order valence-electron chi connectivity index (χ4n) is 3.00. The number of carbonyl (C=O) groups excluding carboxylic acids is 1. The summed E-state index contributed by atoms with van der Waals surface area (Å²) in [6, 6.07) is 17.5. The molecule has 1 aliphatic rings. The highest BCUT2D eigenvalue weighted by Gasteiger charge is 2.24. The number of nitrogens with zero attached hydrogens (tertiary/aromatic N) is 2. The molecule has 2 heterocycles. The third-order valence-electron chi connectivity index (χ3n) is 4.42. The van der Waals surface area contributed by atoms with Gasteiger partial charge in [0.05, 0.1) is 17.7 Å². The number of hydrogen-bond donors (Lipinski definition) is 1. The molecule has 7 heteroatoms. The third-order valence-corrected chi connectivity index (χ3v) is 5.33. The van der Waals surface area contributed by atoms with Crippen molar-refractivity contribution in [1.82, 2.24) is 9.88 Å². The molecule has 29 heavy (non-hydrogen) atoms. The van der Waals surface area contributed by atoms with Crippen molar-refractivity contribution in [2.24, 2.45) is 4.99 Å². The molecule has 1 N–H and O–H groups in total. The van der Waals surface area contributed by atoms with Crippen LogP contribution in [0.1, 0.15) is 11.4 Å². The minimum absolute atomic E-state index is 0.212. The highest BCUT2D eigenvalue weighted by Crippen LogP contribution is 2.29. The molecular weight excluding hydrogens is 389 g/mol. The van der Waals surface area contributed by atoms with Gasteiger partial charge in [-0.05, 0) is 85.4 Å². The second-order valence-corrected chi connectivity index (χ2v) is 7.42. The Morgan fingerprint density at radius 3 is 2.48 bits per heavy atom. The Morgan fingerprint density at radius 2 is 1.79 bits per heavy atom. The zero-order valence-corrected chi connectivity index (χ0v) is 16.7. The number of carbonyl (C=O) groups is 1. The first-order valence-corrected chi connectivity index (χ1v) is 9.73. The minimum Gasteiger partial charge on any atom is -0.497 e. The van der Waals surface area contributed by atoms with Crippen LogP contribution in [0.15, 0.2) is 70.6 Å². The molecule has 1 fully saturated rings. The van der Waals surface area contributed by atoms with Crippen molar-refractivity contribution in [2.45, 2.75) is 6.92 Å². The molecule has 0 aliphatic carbocycles. The van der Waals surface area contributed by atoms with Crippen LogP contribution in [0.3, 0.4) is 0 Å². The van der Waals surface area contributed by atoms with Gasteiger partial charge in [-0.1, -0.05) is 0 Å². The van der Waals surface area contributed by atoms with Gasteiger partial charge >= 0.3 is 0 Å². The van der Waals surface area contributed by atoms with E-state index in [1.165, 1.54) is 23.9 Å². The number of thioether (sulfide) groups is 1. The van der Waals surface area contributed by atoms with E-state index in [9.17, 15) is 9.18 Å². The molecule has 0 spiro atoms. The van der Waals surface area contributed by atoms with E-state index in [2.05, 4.69) is 14.9 Å². The van der Waals surface area contributed by atoms with Crippen molar-refractivity contribution in [3.8, 4) is 11.4 Å². The molecule has 4 rings (SSSR count). The number of methoxy groups -OCH3 is 1. The van der Waals surface area contributed by atoms with Gasteiger partial charge in [-0.2, -0.15) is 0 Å². The summed E-state index contributed by atoms with van der Waals surface area (Å²) < 4.78 is 20.3. The quantitative estimate of drug-likeness (QED) is 0.631. The number of aryl methyl sites for hydroxylation is 1. The van der Waals surface area contributed by atoms with E-state index in [0.29, 0.717) is 15.8 Å². The number of ether oxygens (including phenoxy) is 1.